The Bertz CT molecular complexity index is 1670. The van der Waals surface area contributed by atoms with E-state index < -0.39 is 23.7 Å². The normalized spacial score (nSPS) is 11.7. The zero-order valence-corrected chi connectivity index (χ0v) is 19.4. The van der Waals surface area contributed by atoms with Crippen LogP contribution in [0.15, 0.2) is 54.9 Å². The van der Waals surface area contributed by atoms with Gasteiger partial charge in [-0.3, -0.25) is 4.79 Å². The molecule has 0 spiro atoms. The number of hydrogen-bond donors (Lipinski definition) is 1. The number of carbonyl (C=O) groups is 2. The number of benzene rings is 1. The van der Waals surface area contributed by atoms with Gasteiger partial charge in [-0.15, -0.1) is 0 Å². The Labute approximate surface area is 206 Å². The number of hydrogen-bond acceptors (Lipinski definition) is 7. The summed E-state index contributed by atoms with van der Waals surface area (Å²) in [4.78, 5) is 33.3. The van der Waals surface area contributed by atoms with Crippen LogP contribution in [0.4, 0.5) is 18.9 Å². The van der Waals surface area contributed by atoms with E-state index in [4.69, 9.17) is 4.74 Å². The number of rotatable bonds is 5. The molecule has 4 aromatic heterocycles. The lowest BCUT2D eigenvalue weighted by Crippen LogP contribution is -2.15. The van der Waals surface area contributed by atoms with Gasteiger partial charge in [-0.25, -0.2) is 23.8 Å². The van der Waals surface area contributed by atoms with Gasteiger partial charge in [0.25, 0.3) is 5.91 Å². The molecule has 4 heterocycles. The number of aryl methyl sites for hydroxylation is 1. The highest BCUT2D eigenvalue weighted by molar-refractivity contribution is 6.03. The molecule has 188 valence electrons. The lowest BCUT2D eigenvalue weighted by Gasteiger charge is -2.09. The van der Waals surface area contributed by atoms with Gasteiger partial charge in [0.15, 0.2) is 17.0 Å². The van der Waals surface area contributed by atoms with Gasteiger partial charge in [-0.1, -0.05) is 12.1 Å². The fourth-order valence-corrected chi connectivity index (χ4v) is 3.83. The number of amides is 1. The Hall–Kier alpha value is -4.81. The van der Waals surface area contributed by atoms with Crippen molar-refractivity contribution in [2.24, 2.45) is 0 Å². The number of carbonyl (C=O) groups excluding carboxylic acids is 2. The second-order valence-corrected chi connectivity index (χ2v) is 7.96. The Kier molecular flexibility index (Phi) is 5.82. The minimum absolute atomic E-state index is 0.0958. The van der Waals surface area contributed by atoms with Crippen LogP contribution in [0.5, 0.6) is 0 Å². The predicted molar refractivity (Wildman–Crippen MR) is 125 cm³/mol. The third-order valence-electron chi connectivity index (χ3n) is 5.39. The summed E-state index contributed by atoms with van der Waals surface area (Å²) in [6, 6.07) is 10.5. The van der Waals surface area contributed by atoms with Crippen molar-refractivity contribution >= 4 is 28.9 Å². The molecule has 0 bridgehead atoms. The number of ether oxygens (including phenoxy) is 1. The van der Waals surface area contributed by atoms with Crippen LogP contribution in [0.2, 0.25) is 0 Å². The van der Waals surface area contributed by atoms with Crippen LogP contribution in [0, 0.1) is 6.92 Å². The zero-order valence-electron chi connectivity index (χ0n) is 19.4. The number of esters is 1. The van der Waals surface area contributed by atoms with Gasteiger partial charge in [-0.05, 0) is 38.1 Å². The summed E-state index contributed by atoms with van der Waals surface area (Å²) < 4.78 is 47.4. The summed E-state index contributed by atoms with van der Waals surface area (Å²) in [6.45, 7) is 3.33. The van der Waals surface area contributed by atoms with Crippen molar-refractivity contribution in [3.8, 4) is 11.3 Å². The molecule has 1 aromatic carbocycles. The molecule has 37 heavy (non-hydrogen) atoms. The predicted octanol–water partition coefficient (Wildman–Crippen LogP) is 4.20. The molecule has 0 atom stereocenters. The second kappa shape index (κ2) is 9.00. The van der Waals surface area contributed by atoms with Crippen molar-refractivity contribution in [1.29, 1.82) is 0 Å². The van der Waals surface area contributed by atoms with E-state index in [1.54, 1.807) is 37.3 Å². The first-order valence-corrected chi connectivity index (χ1v) is 11.0. The van der Waals surface area contributed by atoms with E-state index in [-0.39, 0.29) is 29.2 Å². The molecule has 0 radical (unpaired) electrons. The smallest absolute Gasteiger partial charge is 0.433 e. The van der Waals surface area contributed by atoms with E-state index in [0.717, 1.165) is 6.07 Å². The number of nitrogens with zero attached hydrogens (tertiary/aromatic N) is 6. The standard InChI is InChI=1S/C24H18F3N7O3/c1-3-37-23(36)16-12-29-33-18(7-8-28-21(16)33)14-5-4-6-15(10-14)31-22(35)17-11-20-30-13(2)9-19(24(25,26)27)34(20)32-17/h4-12H,3H2,1-2H3,(H,31,35). The van der Waals surface area contributed by atoms with Gasteiger partial charge >= 0.3 is 12.1 Å². The molecule has 1 N–H and O–H groups in total. The molecular formula is C24H18F3N7O3. The van der Waals surface area contributed by atoms with Crippen molar-refractivity contribution in [3.05, 3.63) is 77.5 Å². The third-order valence-corrected chi connectivity index (χ3v) is 5.39. The number of halogens is 3. The average Bonchev–Trinajstić information content (AvgIpc) is 3.47. The van der Waals surface area contributed by atoms with Crippen LogP contribution in [-0.2, 0) is 10.9 Å². The summed E-state index contributed by atoms with van der Waals surface area (Å²) >= 11 is 0. The van der Waals surface area contributed by atoms with Crippen molar-refractivity contribution in [2.75, 3.05) is 11.9 Å². The topological polar surface area (TPSA) is 116 Å². The van der Waals surface area contributed by atoms with Crippen LogP contribution in [0.25, 0.3) is 22.6 Å². The average molecular weight is 509 g/mol. The molecule has 0 aliphatic rings. The number of alkyl halides is 3. The maximum absolute atomic E-state index is 13.4. The quantitative estimate of drug-likeness (QED) is 0.353. The van der Waals surface area contributed by atoms with Gasteiger partial charge in [0, 0.05) is 29.2 Å². The monoisotopic (exact) mass is 509 g/mol. The minimum atomic E-state index is -4.67. The maximum atomic E-state index is 13.4. The maximum Gasteiger partial charge on any atom is 0.433 e. The molecule has 1 amide bonds. The highest BCUT2D eigenvalue weighted by atomic mass is 19.4. The number of aromatic nitrogens is 6. The van der Waals surface area contributed by atoms with E-state index in [0.29, 0.717) is 27.1 Å². The fourth-order valence-electron chi connectivity index (χ4n) is 3.83. The number of anilines is 1. The molecular weight excluding hydrogens is 491 g/mol. The number of fused-ring (bicyclic) bond motifs is 2. The van der Waals surface area contributed by atoms with Crippen molar-refractivity contribution in [3.63, 3.8) is 0 Å². The molecule has 0 saturated heterocycles. The Morgan fingerprint density at radius 3 is 2.68 bits per heavy atom. The highest BCUT2D eigenvalue weighted by Crippen LogP contribution is 2.30. The summed E-state index contributed by atoms with van der Waals surface area (Å²) in [5, 5.41) is 10.7. The fraction of sp³-hybridized carbons (Fsp3) is 0.167. The van der Waals surface area contributed by atoms with Crippen LogP contribution in [0.1, 0.15) is 39.2 Å². The Morgan fingerprint density at radius 2 is 1.92 bits per heavy atom. The van der Waals surface area contributed by atoms with E-state index in [2.05, 4.69) is 25.5 Å². The molecule has 10 nitrogen and oxygen atoms in total. The lowest BCUT2D eigenvalue weighted by atomic mass is 10.1. The van der Waals surface area contributed by atoms with Gasteiger partial charge < -0.3 is 10.1 Å². The first kappa shape index (κ1) is 23.9. The molecule has 0 unspecified atom stereocenters. The highest BCUT2D eigenvalue weighted by Gasteiger charge is 2.35. The van der Waals surface area contributed by atoms with Crippen LogP contribution < -0.4 is 5.32 Å². The van der Waals surface area contributed by atoms with E-state index in [1.807, 2.05) is 0 Å². The van der Waals surface area contributed by atoms with Crippen molar-refractivity contribution < 1.29 is 27.5 Å². The van der Waals surface area contributed by atoms with Gasteiger partial charge in [0.2, 0.25) is 0 Å². The number of nitrogens with one attached hydrogen (secondary N) is 1. The molecule has 5 rings (SSSR count). The summed E-state index contributed by atoms with van der Waals surface area (Å²) in [5.41, 5.74) is 0.886. The van der Waals surface area contributed by atoms with Crippen molar-refractivity contribution in [1.82, 2.24) is 29.2 Å². The van der Waals surface area contributed by atoms with E-state index in [9.17, 15) is 22.8 Å². The molecule has 5 aromatic rings. The summed E-state index contributed by atoms with van der Waals surface area (Å²) in [6.07, 6.45) is -1.79. The van der Waals surface area contributed by atoms with E-state index in [1.165, 1.54) is 29.9 Å². The molecule has 13 heteroatoms. The van der Waals surface area contributed by atoms with Crippen LogP contribution in [-0.4, -0.2) is 47.7 Å². The summed E-state index contributed by atoms with van der Waals surface area (Å²) in [5.74, 6) is -1.26. The minimum Gasteiger partial charge on any atom is -0.462 e. The van der Waals surface area contributed by atoms with Gasteiger partial charge in [-0.2, -0.15) is 23.4 Å². The Balaban J connectivity index is 1.46. The van der Waals surface area contributed by atoms with Gasteiger partial charge in [0.1, 0.15) is 11.3 Å². The third kappa shape index (κ3) is 4.46. The second-order valence-electron chi connectivity index (χ2n) is 7.96. The lowest BCUT2D eigenvalue weighted by molar-refractivity contribution is -0.142. The molecule has 0 fully saturated rings. The van der Waals surface area contributed by atoms with Crippen LogP contribution >= 0.6 is 0 Å². The summed E-state index contributed by atoms with van der Waals surface area (Å²) in [7, 11) is 0. The molecule has 0 saturated carbocycles. The zero-order chi connectivity index (χ0) is 26.3. The van der Waals surface area contributed by atoms with Crippen LogP contribution in [0.3, 0.4) is 0 Å². The van der Waals surface area contributed by atoms with Crippen molar-refractivity contribution in [2.45, 2.75) is 20.0 Å². The molecule has 0 aliphatic heterocycles. The first-order chi connectivity index (χ1) is 17.7. The SMILES string of the molecule is CCOC(=O)c1cnn2c(-c3cccc(NC(=O)c4cc5nc(C)cc(C(F)(F)F)n5n4)c3)ccnc12. The largest absolute Gasteiger partial charge is 0.462 e. The van der Waals surface area contributed by atoms with Gasteiger partial charge in [0.05, 0.1) is 18.5 Å². The molecule has 0 aliphatic carbocycles. The first-order valence-electron chi connectivity index (χ1n) is 11.0. The Morgan fingerprint density at radius 1 is 1.11 bits per heavy atom. The van der Waals surface area contributed by atoms with E-state index >= 15 is 0 Å².